The Morgan fingerprint density at radius 2 is 1.82 bits per heavy atom. The molecule has 4 heteroatoms. The van der Waals surface area contributed by atoms with Gasteiger partial charge in [0.05, 0.1) is 0 Å². The molecule has 0 N–H and O–H groups in total. The molecule has 0 bridgehead atoms. The van der Waals surface area contributed by atoms with Crippen LogP contribution in [0.5, 0.6) is 0 Å². The summed E-state index contributed by atoms with van der Waals surface area (Å²) in [5.74, 6) is -0.587. The highest BCUT2D eigenvalue weighted by atomic mass is 19.1. The predicted octanol–water partition coefficient (Wildman–Crippen LogP) is 3.49. The molecule has 1 fully saturated rings. The van der Waals surface area contributed by atoms with Gasteiger partial charge < -0.3 is 4.74 Å². The third-order valence-electron chi connectivity index (χ3n) is 4.11. The smallest absolute Gasteiger partial charge is 0.328 e. The van der Waals surface area contributed by atoms with Crippen LogP contribution in [0.2, 0.25) is 0 Å². The topological polar surface area (TPSA) is 29.5 Å². The highest BCUT2D eigenvalue weighted by Crippen LogP contribution is 2.33. The van der Waals surface area contributed by atoms with Crippen molar-refractivity contribution in [3.05, 3.63) is 71.5 Å². The van der Waals surface area contributed by atoms with Crippen LogP contribution in [0.3, 0.4) is 0 Å². The Morgan fingerprint density at radius 1 is 1.14 bits per heavy atom. The van der Waals surface area contributed by atoms with E-state index in [0.717, 1.165) is 11.1 Å². The van der Waals surface area contributed by atoms with Gasteiger partial charge in [-0.3, -0.25) is 4.90 Å². The zero-order valence-corrected chi connectivity index (χ0v) is 12.4. The summed E-state index contributed by atoms with van der Waals surface area (Å²) < 4.78 is 18.4. The fraction of sp³-hybridized carbons (Fsp3) is 0.278. The summed E-state index contributed by atoms with van der Waals surface area (Å²) in [6, 6.07) is 15.7. The van der Waals surface area contributed by atoms with Crippen LogP contribution in [0.15, 0.2) is 54.6 Å². The monoisotopic (exact) mass is 299 g/mol. The molecule has 2 unspecified atom stereocenters. The van der Waals surface area contributed by atoms with E-state index in [-0.39, 0.29) is 17.8 Å². The van der Waals surface area contributed by atoms with E-state index in [1.807, 2.05) is 30.3 Å². The maximum atomic E-state index is 13.1. The quantitative estimate of drug-likeness (QED) is 0.813. The average molecular weight is 299 g/mol. The lowest BCUT2D eigenvalue weighted by molar-refractivity contribution is -0.159. The second-order valence-electron chi connectivity index (χ2n) is 5.45. The second-order valence-corrected chi connectivity index (χ2v) is 5.45. The molecule has 0 amide bonds. The third kappa shape index (κ3) is 2.88. The van der Waals surface area contributed by atoms with Crippen molar-refractivity contribution in [2.24, 2.45) is 0 Å². The lowest BCUT2D eigenvalue weighted by Crippen LogP contribution is -2.44. The number of esters is 1. The number of carbonyl (C=O) groups is 1. The standard InChI is InChI=1S/C18H18FNO2/c1-13(14-5-3-2-4-6-14)20-11-12-22-18(21)17(20)15-7-9-16(19)10-8-15/h2-10,13,17H,11-12H2,1H3. The van der Waals surface area contributed by atoms with E-state index in [1.165, 1.54) is 12.1 Å². The first-order valence-corrected chi connectivity index (χ1v) is 7.39. The summed E-state index contributed by atoms with van der Waals surface area (Å²) in [4.78, 5) is 14.4. The van der Waals surface area contributed by atoms with Crippen LogP contribution in [0.4, 0.5) is 4.39 Å². The van der Waals surface area contributed by atoms with Gasteiger partial charge in [0.2, 0.25) is 0 Å². The van der Waals surface area contributed by atoms with Gasteiger partial charge in [-0.1, -0.05) is 42.5 Å². The number of morpholine rings is 1. The summed E-state index contributed by atoms with van der Waals surface area (Å²) in [6.45, 7) is 3.11. The first-order valence-electron chi connectivity index (χ1n) is 7.39. The molecule has 0 radical (unpaired) electrons. The molecule has 1 aliphatic rings. The highest BCUT2D eigenvalue weighted by Gasteiger charge is 2.36. The second kappa shape index (κ2) is 6.28. The number of hydrogen-bond acceptors (Lipinski definition) is 3. The Kier molecular flexibility index (Phi) is 4.20. The fourth-order valence-corrected chi connectivity index (χ4v) is 2.91. The van der Waals surface area contributed by atoms with Gasteiger partial charge in [0, 0.05) is 12.6 Å². The number of ether oxygens (including phenoxy) is 1. The molecule has 3 rings (SSSR count). The largest absolute Gasteiger partial charge is 0.463 e. The number of cyclic esters (lactones) is 1. The molecular weight excluding hydrogens is 281 g/mol. The summed E-state index contributed by atoms with van der Waals surface area (Å²) in [5.41, 5.74) is 1.90. The van der Waals surface area contributed by atoms with E-state index in [0.29, 0.717) is 13.2 Å². The molecular formula is C18H18FNO2. The van der Waals surface area contributed by atoms with E-state index in [2.05, 4.69) is 11.8 Å². The van der Waals surface area contributed by atoms with Crippen LogP contribution in [0.25, 0.3) is 0 Å². The summed E-state index contributed by atoms with van der Waals surface area (Å²) in [5, 5.41) is 0. The fourth-order valence-electron chi connectivity index (χ4n) is 2.91. The van der Waals surface area contributed by atoms with E-state index < -0.39 is 6.04 Å². The van der Waals surface area contributed by atoms with Gasteiger partial charge in [0.25, 0.3) is 0 Å². The number of nitrogens with zero attached hydrogens (tertiary/aromatic N) is 1. The van der Waals surface area contributed by atoms with E-state index in [4.69, 9.17) is 4.74 Å². The lowest BCUT2D eigenvalue weighted by Gasteiger charge is -2.38. The Hall–Kier alpha value is -2.20. The molecule has 3 nitrogen and oxygen atoms in total. The maximum Gasteiger partial charge on any atom is 0.328 e. The van der Waals surface area contributed by atoms with E-state index >= 15 is 0 Å². The van der Waals surface area contributed by atoms with Gasteiger partial charge in [-0.15, -0.1) is 0 Å². The molecule has 0 aliphatic carbocycles. The van der Waals surface area contributed by atoms with Gasteiger partial charge in [0.1, 0.15) is 18.5 Å². The zero-order valence-electron chi connectivity index (χ0n) is 12.4. The Labute approximate surface area is 129 Å². The maximum absolute atomic E-state index is 13.1. The number of halogens is 1. The van der Waals surface area contributed by atoms with Crippen LogP contribution in [0.1, 0.15) is 30.1 Å². The summed E-state index contributed by atoms with van der Waals surface area (Å²) in [6.07, 6.45) is 0. The first kappa shape index (κ1) is 14.7. The van der Waals surface area contributed by atoms with E-state index in [1.54, 1.807) is 12.1 Å². The normalized spacial score (nSPS) is 20.5. The molecule has 2 atom stereocenters. The van der Waals surface area contributed by atoms with Crippen molar-refractivity contribution in [3.63, 3.8) is 0 Å². The number of benzene rings is 2. The van der Waals surface area contributed by atoms with Crippen molar-refractivity contribution in [1.29, 1.82) is 0 Å². The highest BCUT2D eigenvalue weighted by molar-refractivity contribution is 5.78. The van der Waals surface area contributed by atoms with Crippen molar-refractivity contribution in [2.45, 2.75) is 19.0 Å². The molecule has 0 spiro atoms. The summed E-state index contributed by atoms with van der Waals surface area (Å²) >= 11 is 0. The Morgan fingerprint density at radius 3 is 2.50 bits per heavy atom. The third-order valence-corrected chi connectivity index (χ3v) is 4.11. The molecule has 22 heavy (non-hydrogen) atoms. The van der Waals surface area contributed by atoms with Crippen LogP contribution < -0.4 is 0 Å². The molecule has 1 saturated heterocycles. The molecule has 0 aromatic heterocycles. The molecule has 2 aromatic carbocycles. The molecule has 1 aliphatic heterocycles. The van der Waals surface area contributed by atoms with Crippen molar-refractivity contribution in [3.8, 4) is 0 Å². The Bertz CT molecular complexity index is 642. The molecule has 1 heterocycles. The van der Waals surface area contributed by atoms with Crippen molar-refractivity contribution in [2.75, 3.05) is 13.2 Å². The number of rotatable bonds is 3. The predicted molar refractivity (Wildman–Crippen MR) is 81.7 cm³/mol. The Balaban J connectivity index is 1.93. The minimum atomic E-state index is -0.496. The average Bonchev–Trinajstić information content (AvgIpc) is 2.56. The van der Waals surface area contributed by atoms with Gasteiger partial charge >= 0.3 is 5.97 Å². The van der Waals surface area contributed by atoms with Crippen molar-refractivity contribution in [1.82, 2.24) is 4.90 Å². The number of carbonyl (C=O) groups excluding carboxylic acids is 1. The SMILES string of the molecule is CC(c1ccccc1)N1CCOC(=O)C1c1ccc(F)cc1. The molecule has 0 saturated carbocycles. The van der Waals surface area contributed by atoms with Crippen LogP contribution >= 0.6 is 0 Å². The van der Waals surface area contributed by atoms with Crippen molar-refractivity contribution < 1.29 is 13.9 Å². The van der Waals surface area contributed by atoms with Gasteiger partial charge in [-0.25, -0.2) is 9.18 Å². The lowest BCUT2D eigenvalue weighted by atomic mass is 9.99. The van der Waals surface area contributed by atoms with Crippen molar-refractivity contribution >= 4 is 5.97 Å². The minimum absolute atomic E-state index is 0.0732. The number of hydrogen-bond donors (Lipinski definition) is 0. The van der Waals surface area contributed by atoms with Gasteiger partial charge in [-0.05, 0) is 30.2 Å². The minimum Gasteiger partial charge on any atom is -0.463 e. The van der Waals surface area contributed by atoms with Crippen LogP contribution in [-0.2, 0) is 9.53 Å². The van der Waals surface area contributed by atoms with Gasteiger partial charge in [0.15, 0.2) is 0 Å². The molecule has 114 valence electrons. The summed E-state index contributed by atoms with van der Waals surface area (Å²) in [7, 11) is 0. The van der Waals surface area contributed by atoms with Crippen LogP contribution in [0, 0.1) is 5.82 Å². The van der Waals surface area contributed by atoms with Gasteiger partial charge in [-0.2, -0.15) is 0 Å². The van der Waals surface area contributed by atoms with Crippen LogP contribution in [-0.4, -0.2) is 24.0 Å². The first-order chi connectivity index (χ1) is 10.7. The van der Waals surface area contributed by atoms with E-state index in [9.17, 15) is 9.18 Å². The zero-order chi connectivity index (χ0) is 15.5. The molecule has 2 aromatic rings.